The maximum absolute atomic E-state index is 11.9. The second-order valence-electron chi connectivity index (χ2n) is 4.92. The van der Waals surface area contributed by atoms with Crippen molar-refractivity contribution < 1.29 is 17.9 Å². The predicted molar refractivity (Wildman–Crippen MR) is 87.2 cm³/mol. The van der Waals surface area contributed by atoms with E-state index in [-0.39, 0.29) is 23.9 Å². The van der Waals surface area contributed by atoms with Crippen LogP contribution in [0.2, 0.25) is 5.15 Å². The van der Waals surface area contributed by atoms with Gasteiger partial charge in [0.2, 0.25) is 0 Å². The molecule has 0 bridgehead atoms. The number of aliphatic imine (C=N–C) groups is 1. The average Bonchev–Trinajstić information content (AvgIpc) is 2.84. The number of rotatable bonds is 4. The van der Waals surface area contributed by atoms with Crippen molar-refractivity contribution in [3.63, 3.8) is 0 Å². The minimum Gasteiger partial charge on any atom is -0.459 e. The molecule has 1 aliphatic rings. The van der Waals surface area contributed by atoms with E-state index in [0.29, 0.717) is 16.3 Å². The molecular weight excluding hydrogens is 354 g/mol. The Balaban J connectivity index is 1.64. The summed E-state index contributed by atoms with van der Waals surface area (Å²) in [4.78, 5) is 19.8. The molecule has 0 saturated heterocycles. The van der Waals surface area contributed by atoms with Gasteiger partial charge in [-0.25, -0.2) is 13.4 Å². The monoisotopic (exact) mass is 365 g/mol. The van der Waals surface area contributed by atoms with Crippen LogP contribution < -0.4 is 4.72 Å². The number of sulfonamides is 1. The van der Waals surface area contributed by atoms with Gasteiger partial charge in [0, 0.05) is 17.3 Å². The number of amidine groups is 1. The number of carbonyl (C=O) groups is 1. The lowest BCUT2D eigenvalue weighted by molar-refractivity contribution is -0.143. The molecule has 7 nitrogen and oxygen atoms in total. The van der Waals surface area contributed by atoms with Gasteiger partial charge in [-0.1, -0.05) is 29.8 Å². The average molecular weight is 366 g/mol. The number of ether oxygens (including phenoxy) is 1. The molecule has 2 aromatic rings. The number of nitrogens with one attached hydrogen (secondary N) is 1. The Morgan fingerprint density at radius 2 is 2.04 bits per heavy atom. The van der Waals surface area contributed by atoms with Gasteiger partial charge in [-0.2, -0.15) is 0 Å². The van der Waals surface area contributed by atoms with Crippen LogP contribution in [-0.2, 0) is 26.2 Å². The number of aromatic nitrogens is 1. The second-order valence-corrected chi connectivity index (χ2v) is 6.95. The quantitative estimate of drug-likeness (QED) is 0.654. The van der Waals surface area contributed by atoms with Crippen LogP contribution in [0.5, 0.6) is 0 Å². The van der Waals surface area contributed by atoms with Crippen LogP contribution in [0, 0.1) is 0 Å². The molecule has 0 fully saturated rings. The molecule has 1 aromatic carbocycles. The largest absolute Gasteiger partial charge is 0.459 e. The van der Waals surface area contributed by atoms with E-state index in [4.69, 9.17) is 16.3 Å². The summed E-state index contributed by atoms with van der Waals surface area (Å²) in [6.45, 7) is -0.261. The van der Waals surface area contributed by atoms with Crippen molar-refractivity contribution in [1.82, 2.24) is 9.71 Å². The highest BCUT2D eigenvalue weighted by atomic mass is 35.5. The molecule has 24 heavy (non-hydrogen) atoms. The van der Waals surface area contributed by atoms with Gasteiger partial charge in [-0.3, -0.25) is 14.5 Å². The van der Waals surface area contributed by atoms with Gasteiger partial charge in [0.05, 0.1) is 4.90 Å². The number of hydrogen-bond acceptors (Lipinski definition) is 6. The zero-order valence-corrected chi connectivity index (χ0v) is 13.8. The number of fused-ring (bicyclic) bond motifs is 1. The smallest absolute Gasteiger partial charge is 0.328 e. The van der Waals surface area contributed by atoms with E-state index in [1.54, 1.807) is 30.3 Å². The van der Waals surface area contributed by atoms with Gasteiger partial charge in [0.1, 0.15) is 24.1 Å². The lowest BCUT2D eigenvalue weighted by Gasteiger charge is -2.03. The van der Waals surface area contributed by atoms with E-state index in [1.165, 1.54) is 12.3 Å². The third-order valence-electron chi connectivity index (χ3n) is 3.22. The number of nitrogens with zero attached hydrogens (tertiary/aromatic N) is 2. The summed E-state index contributed by atoms with van der Waals surface area (Å²) in [6, 6.07) is 9.70. The molecule has 1 aromatic heterocycles. The Kier molecular flexibility index (Phi) is 4.50. The SMILES string of the molecule is O=C(CN=C1NS(=O)(=O)c2ccccc21)OCc1ccc(Cl)nc1. The Hall–Kier alpha value is -2.45. The van der Waals surface area contributed by atoms with E-state index in [1.807, 2.05) is 0 Å². The van der Waals surface area contributed by atoms with E-state index in [2.05, 4.69) is 14.7 Å². The van der Waals surface area contributed by atoms with Gasteiger partial charge in [-0.15, -0.1) is 0 Å². The first-order valence-corrected chi connectivity index (χ1v) is 8.74. The van der Waals surface area contributed by atoms with E-state index >= 15 is 0 Å². The molecule has 0 spiro atoms. The van der Waals surface area contributed by atoms with E-state index in [0.717, 1.165) is 0 Å². The molecule has 124 valence electrons. The minimum atomic E-state index is -3.62. The van der Waals surface area contributed by atoms with Gasteiger partial charge in [0.15, 0.2) is 0 Å². The van der Waals surface area contributed by atoms with Crippen molar-refractivity contribution in [1.29, 1.82) is 0 Å². The van der Waals surface area contributed by atoms with Crippen LogP contribution in [0.15, 0.2) is 52.5 Å². The molecule has 0 saturated carbocycles. The van der Waals surface area contributed by atoms with Crippen molar-refractivity contribution in [2.75, 3.05) is 6.54 Å². The summed E-state index contributed by atoms with van der Waals surface area (Å²) in [7, 11) is -3.62. The molecular formula is C15H12ClN3O4S. The van der Waals surface area contributed by atoms with Crippen molar-refractivity contribution in [2.24, 2.45) is 4.99 Å². The summed E-state index contributed by atoms with van der Waals surface area (Å²) in [5.41, 5.74) is 1.12. The first-order valence-electron chi connectivity index (χ1n) is 6.88. The molecule has 0 radical (unpaired) electrons. The van der Waals surface area contributed by atoms with Gasteiger partial charge < -0.3 is 4.74 Å². The third kappa shape index (κ3) is 3.55. The predicted octanol–water partition coefficient (Wildman–Crippen LogP) is 1.52. The number of esters is 1. The summed E-state index contributed by atoms with van der Waals surface area (Å²) < 4.78 is 31.2. The number of carbonyl (C=O) groups excluding carboxylic acids is 1. The lowest BCUT2D eigenvalue weighted by atomic mass is 10.2. The van der Waals surface area contributed by atoms with Crippen LogP contribution >= 0.6 is 11.6 Å². The Morgan fingerprint density at radius 3 is 2.79 bits per heavy atom. The van der Waals surface area contributed by atoms with Gasteiger partial charge in [-0.05, 0) is 18.2 Å². The summed E-state index contributed by atoms with van der Waals surface area (Å²) >= 11 is 5.67. The molecule has 0 unspecified atom stereocenters. The van der Waals surface area contributed by atoms with Crippen molar-refractivity contribution in [3.05, 3.63) is 58.9 Å². The number of pyridine rings is 1. The Labute approximate surface area is 143 Å². The highest BCUT2D eigenvalue weighted by Gasteiger charge is 2.30. The number of halogens is 1. The normalized spacial score (nSPS) is 16.5. The molecule has 0 amide bonds. The van der Waals surface area contributed by atoms with Crippen molar-refractivity contribution >= 4 is 33.4 Å². The van der Waals surface area contributed by atoms with E-state index in [9.17, 15) is 13.2 Å². The fourth-order valence-corrected chi connectivity index (χ4v) is 3.46. The fourth-order valence-electron chi connectivity index (χ4n) is 2.10. The van der Waals surface area contributed by atoms with Crippen LogP contribution in [0.1, 0.15) is 11.1 Å². The molecule has 1 N–H and O–H groups in total. The van der Waals surface area contributed by atoms with Crippen LogP contribution in [-0.4, -0.2) is 31.8 Å². The van der Waals surface area contributed by atoms with Gasteiger partial charge >= 0.3 is 5.97 Å². The van der Waals surface area contributed by atoms with Crippen LogP contribution in [0.25, 0.3) is 0 Å². The highest BCUT2D eigenvalue weighted by molar-refractivity contribution is 7.90. The van der Waals surface area contributed by atoms with Crippen molar-refractivity contribution in [2.45, 2.75) is 11.5 Å². The minimum absolute atomic E-state index is 0.0379. The maximum Gasteiger partial charge on any atom is 0.328 e. The topological polar surface area (TPSA) is 97.7 Å². The zero-order valence-electron chi connectivity index (χ0n) is 12.3. The Morgan fingerprint density at radius 1 is 1.25 bits per heavy atom. The second kappa shape index (κ2) is 6.58. The molecule has 2 heterocycles. The summed E-state index contributed by atoms with van der Waals surface area (Å²) in [5, 5.41) is 0.351. The van der Waals surface area contributed by atoms with Gasteiger partial charge in [0.25, 0.3) is 10.0 Å². The number of hydrogen-bond donors (Lipinski definition) is 1. The molecule has 9 heteroatoms. The molecule has 1 aliphatic heterocycles. The molecule has 0 atom stereocenters. The number of benzene rings is 1. The molecule has 3 rings (SSSR count). The maximum atomic E-state index is 11.9. The first-order chi connectivity index (χ1) is 11.5. The lowest BCUT2D eigenvalue weighted by Crippen LogP contribution is -2.23. The van der Waals surface area contributed by atoms with Crippen LogP contribution in [0.4, 0.5) is 0 Å². The highest BCUT2D eigenvalue weighted by Crippen LogP contribution is 2.22. The third-order valence-corrected chi connectivity index (χ3v) is 4.84. The summed E-state index contributed by atoms with van der Waals surface area (Å²) in [6.07, 6.45) is 1.50. The first kappa shape index (κ1) is 16.4. The van der Waals surface area contributed by atoms with Crippen LogP contribution in [0.3, 0.4) is 0 Å². The Bertz CT molecular complexity index is 911. The molecule has 0 aliphatic carbocycles. The van der Waals surface area contributed by atoms with Crippen molar-refractivity contribution in [3.8, 4) is 0 Å². The van der Waals surface area contributed by atoms with E-state index < -0.39 is 16.0 Å². The fraction of sp³-hybridized carbons (Fsp3) is 0.133. The zero-order chi connectivity index (χ0) is 17.2. The summed E-state index contributed by atoms with van der Waals surface area (Å²) in [5.74, 6) is -0.447. The standard InChI is InChI=1S/C15H12ClN3O4S/c16-13-6-5-10(7-17-13)9-23-14(20)8-18-15-11-3-1-2-4-12(11)24(21,22)19-15/h1-7H,8-9H2,(H,18,19).